The Bertz CT molecular complexity index is 421. The molecule has 1 aromatic rings. The summed E-state index contributed by atoms with van der Waals surface area (Å²) >= 11 is 6.45. The summed E-state index contributed by atoms with van der Waals surface area (Å²) < 4.78 is 0. The van der Waals surface area contributed by atoms with Crippen LogP contribution in [0.1, 0.15) is 38.2 Å². The average molecular weight is 297 g/mol. The van der Waals surface area contributed by atoms with Gasteiger partial charge in [-0.05, 0) is 43.9 Å². The maximum atomic E-state index is 9.36. The van der Waals surface area contributed by atoms with Gasteiger partial charge in [-0.15, -0.1) is 0 Å². The second-order valence-corrected chi connectivity index (χ2v) is 5.83. The lowest BCUT2D eigenvalue weighted by Crippen LogP contribution is -2.42. The van der Waals surface area contributed by atoms with Crippen LogP contribution in [0.15, 0.2) is 18.2 Å². The van der Waals surface area contributed by atoms with Gasteiger partial charge in [0.15, 0.2) is 0 Å². The van der Waals surface area contributed by atoms with E-state index in [1.165, 1.54) is 24.8 Å². The number of nitrogens with one attached hydrogen (secondary N) is 1. The molecular formula is C16H25ClN2O. The van der Waals surface area contributed by atoms with Gasteiger partial charge >= 0.3 is 0 Å². The first-order valence-corrected chi connectivity index (χ1v) is 8.01. The molecule has 3 nitrogen and oxygen atoms in total. The van der Waals surface area contributed by atoms with Gasteiger partial charge in [-0.3, -0.25) is 0 Å². The second-order valence-electron chi connectivity index (χ2n) is 5.43. The first-order chi connectivity index (χ1) is 9.77. The van der Waals surface area contributed by atoms with E-state index in [4.69, 9.17) is 11.6 Å². The van der Waals surface area contributed by atoms with Crippen LogP contribution in [0.4, 0.5) is 5.69 Å². The van der Waals surface area contributed by atoms with E-state index in [1.807, 2.05) is 12.1 Å². The standard InChI is InChI=1S/C16H25ClN2O/c1-2-9-18-12-13-5-3-8-15(17)16(13)19(10-11-20)14-6-4-7-14/h3,5,8,14,18,20H,2,4,6-7,9-12H2,1H3. The predicted molar refractivity (Wildman–Crippen MR) is 85.5 cm³/mol. The number of anilines is 1. The molecule has 0 radical (unpaired) electrons. The first-order valence-electron chi connectivity index (χ1n) is 7.63. The summed E-state index contributed by atoms with van der Waals surface area (Å²) in [5, 5.41) is 13.6. The van der Waals surface area contributed by atoms with E-state index in [9.17, 15) is 5.11 Å². The monoisotopic (exact) mass is 296 g/mol. The lowest BCUT2D eigenvalue weighted by atomic mass is 9.90. The third-order valence-electron chi connectivity index (χ3n) is 3.96. The maximum Gasteiger partial charge on any atom is 0.0643 e. The molecule has 1 aromatic carbocycles. The minimum atomic E-state index is 0.170. The number of hydrogen-bond acceptors (Lipinski definition) is 3. The van der Waals surface area contributed by atoms with Crippen LogP contribution < -0.4 is 10.2 Å². The molecule has 0 unspecified atom stereocenters. The van der Waals surface area contributed by atoms with Crippen molar-refractivity contribution < 1.29 is 5.11 Å². The Morgan fingerprint density at radius 3 is 2.80 bits per heavy atom. The molecule has 20 heavy (non-hydrogen) atoms. The first kappa shape index (κ1) is 15.6. The molecule has 1 fully saturated rings. The van der Waals surface area contributed by atoms with Crippen LogP contribution >= 0.6 is 11.6 Å². The lowest BCUT2D eigenvalue weighted by Gasteiger charge is -2.40. The van der Waals surface area contributed by atoms with Crippen LogP contribution in [0.2, 0.25) is 5.02 Å². The summed E-state index contributed by atoms with van der Waals surface area (Å²) in [6.07, 6.45) is 4.81. The SMILES string of the molecule is CCCNCc1cccc(Cl)c1N(CCO)C1CCC1. The third-order valence-corrected chi connectivity index (χ3v) is 4.26. The molecule has 4 heteroatoms. The van der Waals surface area contributed by atoms with Gasteiger partial charge in [0.05, 0.1) is 17.3 Å². The number of nitrogens with zero attached hydrogens (tertiary/aromatic N) is 1. The van der Waals surface area contributed by atoms with Crippen LogP contribution in [0.5, 0.6) is 0 Å². The number of halogens is 1. The highest BCUT2D eigenvalue weighted by atomic mass is 35.5. The number of benzene rings is 1. The van der Waals surface area contributed by atoms with Gasteiger partial charge in [0.1, 0.15) is 0 Å². The van der Waals surface area contributed by atoms with Crippen molar-refractivity contribution in [2.75, 3.05) is 24.6 Å². The summed E-state index contributed by atoms with van der Waals surface area (Å²) in [6.45, 7) is 4.84. The van der Waals surface area contributed by atoms with Crippen LogP contribution in [0.25, 0.3) is 0 Å². The third kappa shape index (κ3) is 3.66. The average Bonchev–Trinajstić information content (AvgIpc) is 2.37. The fraction of sp³-hybridized carbons (Fsp3) is 0.625. The van der Waals surface area contributed by atoms with Crippen molar-refractivity contribution in [3.63, 3.8) is 0 Å². The summed E-state index contributed by atoms with van der Waals surface area (Å²) in [6, 6.07) is 6.62. The maximum absolute atomic E-state index is 9.36. The molecule has 0 aromatic heterocycles. The molecule has 1 aliphatic carbocycles. The summed E-state index contributed by atoms with van der Waals surface area (Å²) in [5.41, 5.74) is 2.34. The van der Waals surface area contributed by atoms with Gasteiger partial charge in [-0.1, -0.05) is 30.7 Å². The van der Waals surface area contributed by atoms with Gasteiger partial charge in [0, 0.05) is 19.1 Å². The molecule has 0 bridgehead atoms. The van der Waals surface area contributed by atoms with E-state index in [0.717, 1.165) is 30.2 Å². The number of aliphatic hydroxyl groups excluding tert-OH is 1. The van der Waals surface area contributed by atoms with Crippen molar-refractivity contribution in [3.05, 3.63) is 28.8 Å². The molecule has 0 amide bonds. The topological polar surface area (TPSA) is 35.5 Å². The van der Waals surface area contributed by atoms with Crippen molar-refractivity contribution >= 4 is 17.3 Å². The van der Waals surface area contributed by atoms with Gasteiger partial charge < -0.3 is 15.3 Å². The number of hydrogen-bond donors (Lipinski definition) is 2. The summed E-state index contributed by atoms with van der Waals surface area (Å²) in [4.78, 5) is 2.30. The Balaban J connectivity index is 2.21. The fourth-order valence-corrected chi connectivity index (χ4v) is 3.01. The Morgan fingerprint density at radius 1 is 1.40 bits per heavy atom. The van der Waals surface area contributed by atoms with Crippen molar-refractivity contribution in [2.45, 2.75) is 45.2 Å². The molecule has 0 atom stereocenters. The highest BCUT2D eigenvalue weighted by molar-refractivity contribution is 6.33. The normalized spacial score (nSPS) is 15.2. The zero-order valence-corrected chi connectivity index (χ0v) is 13.0. The molecule has 1 saturated carbocycles. The van der Waals surface area contributed by atoms with Gasteiger partial charge in [0.2, 0.25) is 0 Å². The molecule has 0 saturated heterocycles. The minimum Gasteiger partial charge on any atom is -0.395 e. The zero-order chi connectivity index (χ0) is 14.4. The smallest absolute Gasteiger partial charge is 0.0643 e. The van der Waals surface area contributed by atoms with Crippen molar-refractivity contribution in [3.8, 4) is 0 Å². The molecule has 2 N–H and O–H groups in total. The van der Waals surface area contributed by atoms with Crippen LogP contribution in [-0.4, -0.2) is 30.8 Å². The molecule has 0 aliphatic heterocycles. The number of para-hydroxylation sites is 1. The Kier molecular flexibility index (Phi) is 6.14. The van der Waals surface area contributed by atoms with Crippen LogP contribution in [0.3, 0.4) is 0 Å². The Morgan fingerprint density at radius 2 is 2.20 bits per heavy atom. The lowest BCUT2D eigenvalue weighted by molar-refractivity contribution is 0.283. The van der Waals surface area contributed by atoms with E-state index in [-0.39, 0.29) is 6.61 Å². The molecule has 0 spiro atoms. The van der Waals surface area contributed by atoms with E-state index in [2.05, 4.69) is 23.2 Å². The summed E-state index contributed by atoms with van der Waals surface area (Å²) in [5.74, 6) is 0. The molecule has 2 rings (SSSR count). The molecule has 112 valence electrons. The van der Waals surface area contributed by atoms with E-state index in [1.54, 1.807) is 0 Å². The zero-order valence-electron chi connectivity index (χ0n) is 12.2. The fourth-order valence-electron chi connectivity index (χ4n) is 2.71. The molecule has 0 heterocycles. The number of aliphatic hydroxyl groups is 1. The van der Waals surface area contributed by atoms with Crippen LogP contribution in [-0.2, 0) is 6.54 Å². The molecular weight excluding hydrogens is 272 g/mol. The second kappa shape index (κ2) is 7.87. The van der Waals surface area contributed by atoms with Crippen molar-refractivity contribution in [1.82, 2.24) is 5.32 Å². The van der Waals surface area contributed by atoms with Crippen LogP contribution in [0, 0.1) is 0 Å². The largest absolute Gasteiger partial charge is 0.395 e. The van der Waals surface area contributed by atoms with Gasteiger partial charge in [-0.25, -0.2) is 0 Å². The van der Waals surface area contributed by atoms with Crippen molar-refractivity contribution in [1.29, 1.82) is 0 Å². The highest BCUT2D eigenvalue weighted by Gasteiger charge is 2.27. The van der Waals surface area contributed by atoms with Gasteiger partial charge in [0.25, 0.3) is 0 Å². The molecule has 1 aliphatic rings. The Hall–Kier alpha value is -0.770. The Labute approximate surface area is 126 Å². The quantitative estimate of drug-likeness (QED) is 0.723. The number of rotatable bonds is 8. The highest BCUT2D eigenvalue weighted by Crippen LogP contribution is 2.36. The van der Waals surface area contributed by atoms with E-state index in [0.29, 0.717) is 12.6 Å². The van der Waals surface area contributed by atoms with Gasteiger partial charge in [-0.2, -0.15) is 0 Å². The van der Waals surface area contributed by atoms with Crippen molar-refractivity contribution in [2.24, 2.45) is 0 Å². The van der Waals surface area contributed by atoms with E-state index < -0.39 is 0 Å². The van der Waals surface area contributed by atoms with E-state index >= 15 is 0 Å². The summed E-state index contributed by atoms with van der Waals surface area (Å²) in [7, 11) is 0. The minimum absolute atomic E-state index is 0.170. The predicted octanol–water partition coefficient (Wildman–Crippen LogP) is 3.19.